The lowest BCUT2D eigenvalue weighted by atomic mass is 9.89. The summed E-state index contributed by atoms with van der Waals surface area (Å²) in [6.45, 7) is 3.96. The van der Waals surface area contributed by atoms with Gasteiger partial charge in [-0.15, -0.1) is 0 Å². The first-order valence-electron chi connectivity index (χ1n) is 15.3. The number of amides is 4. The van der Waals surface area contributed by atoms with Gasteiger partial charge >= 0.3 is 6.03 Å². The van der Waals surface area contributed by atoms with E-state index < -0.39 is 0 Å². The van der Waals surface area contributed by atoms with E-state index in [0.717, 1.165) is 44.5 Å². The average molecular weight is 715 g/mol. The lowest BCUT2D eigenvalue weighted by molar-refractivity contribution is -0.121. The summed E-state index contributed by atoms with van der Waals surface area (Å²) in [5.74, 6) is -0.653. The maximum atomic E-state index is 13.3. The second-order valence-electron chi connectivity index (χ2n) is 11.6. The number of halogens is 4. The number of oxime groups is 1. The number of carbonyl (C=O) groups is 3. The SMILES string of the molecule is CNC(=O)CN1CCCN(C2CCN(CC[C@@H](/C(CN(C)C(=O)c3cc(Cl)cc(Cl)c3)=N\OC)c3ccc(Cl)c(Cl)c3)CC2)C1=O. The van der Waals surface area contributed by atoms with E-state index >= 15 is 0 Å². The molecule has 0 aliphatic carbocycles. The van der Waals surface area contributed by atoms with Crippen LogP contribution in [0.2, 0.25) is 20.1 Å². The van der Waals surface area contributed by atoms with Crippen molar-refractivity contribution in [2.24, 2.45) is 5.16 Å². The molecule has 0 unspecified atom stereocenters. The summed E-state index contributed by atoms with van der Waals surface area (Å²) in [6, 6.07) is 10.3. The number of hydrogen-bond donors (Lipinski definition) is 1. The number of nitrogens with one attached hydrogen (secondary N) is 1. The lowest BCUT2D eigenvalue weighted by Gasteiger charge is -2.43. The fourth-order valence-electron chi connectivity index (χ4n) is 6.10. The lowest BCUT2D eigenvalue weighted by Crippen LogP contribution is -2.57. The summed E-state index contributed by atoms with van der Waals surface area (Å²) >= 11 is 25.0. The number of carbonyl (C=O) groups excluding carboxylic acids is 3. The molecule has 2 aliphatic heterocycles. The zero-order valence-electron chi connectivity index (χ0n) is 26.3. The van der Waals surface area contributed by atoms with Gasteiger partial charge in [0.15, 0.2) is 0 Å². The standard InChI is InChI=1S/C32H40Cl4N6O4/c1-37-30(43)20-41-10-4-11-42(32(41)45)25-7-12-40(13-8-25)14-9-26(21-5-6-27(35)28(36)17-21)29(38-46-3)19-39(2)31(44)22-15-23(33)18-24(34)16-22/h5-6,15-18,25-26H,4,7-14,19-20H2,1-3H3,(H,37,43)/b38-29-/t26-/m1/s1. The molecule has 2 aromatic rings. The molecule has 0 radical (unpaired) electrons. The summed E-state index contributed by atoms with van der Waals surface area (Å²) < 4.78 is 0. The van der Waals surface area contributed by atoms with Gasteiger partial charge in [0.2, 0.25) is 5.91 Å². The highest BCUT2D eigenvalue weighted by atomic mass is 35.5. The molecule has 250 valence electrons. The Morgan fingerprint density at radius 3 is 2.35 bits per heavy atom. The quantitative estimate of drug-likeness (QED) is 0.219. The number of likely N-dealkylation sites (tertiary alicyclic amines) is 1. The third-order valence-electron chi connectivity index (χ3n) is 8.50. The van der Waals surface area contributed by atoms with E-state index in [4.69, 9.17) is 51.2 Å². The molecule has 4 rings (SSSR count). The van der Waals surface area contributed by atoms with Gasteiger partial charge in [-0.1, -0.05) is 57.6 Å². The van der Waals surface area contributed by atoms with E-state index in [-0.39, 0.29) is 42.9 Å². The summed E-state index contributed by atoms with van der Waals surface area (Å²) in [4.78, 5) is 51.2. The summed E-state index contributed by atoms with van der Waals surface area (Å²) in [7, 11) is 4.75. The van der Waals surface area contributed by atoms with E-state index in [1.807, 2.05) is 17.0 Å². The number of benzene rings is 2. The van der Waals surface area contributed by atoms with Crippen molar-refractivity contribution < 1.29 is 19.2 Å². The monoisotopic (exact) mass is 712 g/mol. The van der Waals surface area contributed by atoms with Crippen molar-refractivity contribution in [3.63, 3.8) is 0 Å². The van der Waals surface area contributed by atoms with Gasteiger partial charge < -0.3 is 29.8 Å². The normalized spacial score (nSPS) is 17.2. The van der Waals surface area contributed by atoms with Crippen LogP contribution < -0.4 is 5.32 Å². The number of nitrogens with zero attached hydrogens (tertiary/aromatic N) is 5. The Bertz CT molecular complexity index is 1420. The molecule has 2 saturated heterocycles. The average Bonchev–Trinajstić information content (AvgIpc) is 3.03. The first-order valence-corrected chi connectivity index (χ1v) is 16.8. The van der Waals surface area contributed by atoms with Crippen LogP contribution in [0.1, 0.15) is 47.5 Å². The fourth-order valence-corrected chi connectivity index (χ4v) is 6.93. The Labute approximate surface area is 290 Å². The highest BCUT2D eigenvalue weighted by Gasteiger charge is 2.34. The minimum absolute atomic E-state index is 0.0629. The number of rotatable bonds is 12. The molecule has 1 atom stereocenters. The number of likely N-dealkylation sites (N-methyl/N-ethyl adjacent to an activating group) is 1. The molecule has 0 spiro atoms. The molecule has 2 heterocycles. The molecule has 0 aromatic heterocycles. The van der Waals surface area contributed by atoms with Crippen LogP contribution in [-0.2, 0) is 9.63 Å². The molecule has 4 amide bonds. The van der Waals surface area contributed by atoms with E-state index in [0.29, 0.717) is 50.9 Å². The van der Waals surface area contributed by atoms with Gasteiger partial charge in [-0.3, -0.25) is 9.59 Å². The Balaban J connectivity index is 1.44. The maximum absolute atomic E-state index is 13.3. The van der Waals surface area contributed by atoms with Crippen molar-refractivity contribution in [3.05, 3.63) is 67.6 Å². The highest BCUT2D eigenvalue weighted by Crippen LogP contribution is 2.31. The second kappa shape index (κ2) is 16.9. The first kappa shape index (κ1) is 36.1. The molecular formula is C32H40Cl4N6O4. The summed E-state index contributed by atoms with van der Waals surface area (Å²) in [5.41, 5.74) is 1.92. The van der Waals surface area contributed by atoms with Crippen LogP contribution in [0.3, 0.4) is 0 Å². The molecular weight excluding hydrogens is 674 g/mol. The molecule has 10 nitrogen and oxygen atoms in total. The van der Waals surface area contributed by atoms with Crippen LogP contribution in [-0.4, -0.2) is 116 Å². The van der Waals surface area contributed by atoms with Crippen LogP contribution in [0.15, 0.2) is 41.6 Å². The van der Waals surface area contributed by atoms with Crippen LogP contribution in [0.25, 0.3) is 0 Å². The van der Waals surface area contributed by atoms with Crippen molar-refractivity contribution in [1.29, 1.82) is 0 Å². The van der Waals surface area contributed by atoms with Gasteiger partial charge in [0, 0.05) is 67.8 Å². The molecule has 2 aliphatic rings. The van der Waals surface area contributed by atoms with E-state index in [1.54, 1.807) is 48.2 Å². The van der Waals surface area contributed by atoms with Crippen molar-refractivity contribution in [2.45, 2.75) is 37.6 Å². The number of piperidine rings is 1. The topological polar surface area (TPSA) is 97.8 Å². The van der Waals surface area contributed by atoms with Gasteiger partial charge in [-0.25, -0.2) is 4.79 Å². The maximum Gasteiger partial charge on any atom is 0.320 e. The second-order valence-corrected chi connectivity index (χ2v) is 13.3. The van der Waals surface area contributed by atoms with Crippen LogP contribution in [0.5, 0.6) is 0 Å². The first-order chi connectivity index (χ1) is 22.0. The minimum Gasteiger partial charge on any atom is -0.399 e. The van der Waals surface area contributed by atoms with Gasteiger partial charge in [-0.2, -0.15) is 0 Å². The predicted octanol–water partition coefficient (Wildman–Crippen LogP) is 5.89. The Morgan fingerprint density at radius 1 is 1.02 bits per heavy atom. The van der Waals surface area contributed by atoms with Gasteiger partial charge in [0.1, 0.15) is 13.7 Å². The predicted molar refractivity (Wildman–Crippen MR) is 184 cm³/mol. The number of urea groups is 1. The zero-order valence-corrected chi connectivity index (χ0v) is 29.3. The molecule has 1 N–H and O–H groups in total. The Morgan fingerprint density at radius 2 is 1.72 bits per heavy atom. The van der Waals surface area contributed by atoms with Gasteiger partial charge in [-0.05, 0) is 68.1 Å². The van der Waals surface area contributed by atoms with Crippen molar-refractivity contribution in [2.75, 3.05) is 67.0 Å². The van der Waals surface area contributed by atoms with Crippen LogP contribution in [0, 0.1) is 0 Å². The minimum atomic E-state index is -0.260. The molecule has 2 fully saturated rings. The van der Waals surface area contributed by atoms with Crippen molar-refractivity contribution in [1.82, 2.24) is 24.9 Å². The molecule has 14 heteroatoms. The third kappa shape index (κ3) is 9.41. The van der Waals surface area contributed by atoms with Crippen LogP contribution in [0.4, 0.5) is 4.79 Å². The van der Waals surface area contributed by atoms with Crippen LogP contribution >= 0.6 is 46.4 Å². The summed E-state index contributed by atoms with van der Waals surface area (Å²) in [5, 5.41) is 8.60. The van der Waals surface area contributed by atoms with E-state index in [9.17, 15) is 14.4 Å². The molecule has 0 bridgehead atoms. The fraction of sp³-hybridized carbons (Fsp3) is 0.500. The van der Waals surface area contributed by atoms with Gasteiger partial charge in [0.25, 0.3) is 5.91 Å². The third-order valence-corrected chi connectivity index (χ3v) is 9.68. The Hall–Kier alpha value is -2.76. The van der Waals surface area contributed by atoms with E-state index in [2.05, 4.69) is 15.4 Å². The highest BCUT2D eigenvalue weighted by molar-refractivity contribution is 6.42. The van der Waals surface area contributed by atoms with Gasteiger partial charge in [0.05, 0.1) is 22.3 Å². The van der Waals surface area contributed by atoms with Crippen molar-refractivity contribution >= 4 is 70.0 Å². The Kier molecular flexibility index (Phi) is 13.2. The zero-order chi connectivity index (χ0) is 33.4. The molecule has 46 heavy (non-hydrogen) atoms. The summed E-state index contributed by atoms with van der Waals surface area (Å²) in [6.07, 6.45) is 3.21. The largest absolute Gasteiger partial charge is 0.399 e. The molecule has 2 aromatic carbocycles. The molecule has 0 saturated carbocycles. The van der Waals surface area contributed by atoms with Crippen molar-refractivity contribution in [3.8, 4) is 0 Å². The van der Waals surface area contributed by atoms with E-state index in [1.165, 1.54) is 7.11 Å². The number of hydrogen-bond acceptors (Lipinski definition) is 6. The smallest absolute Gasteiger partial charge is 0.320 e.